The van der Waals surface area contributed by atoms with E-state index in [9.17, 15) is 9.59 Å². The van der Waals surface area contributed by atoms with E-state index in [1.807, 2.05) is 60.7 Å². The van der Waals surface area contributed by atoms with E-state index in [0.29, 0.717) is 11.0 Å². The topological polar surface area (TPSA) is 84.2 Å². The van der Waals surface area contributed by atoms with Crippen LogP contribution in [0.1, 0.15) is 19.8 Å². The van der Waals surface area contributed by atoms with Crippen LogP contribution in [0, 0.1) is 0 Å². The number of nitrogens with one attached hydrogen (secondary N) is 2. The van der Waals surface area contributed by atoms with Gasteiger partial charge in [-0.05, 0) is 19.8 Å². The highest BCUT2D eigenvalue weighted by Gasteiger charge is 2.26. The quantitative estimate of drug-likeness (QED) is 0.589. The third-order valence-electron chi connectivity index (χ3n) is 4.49. The average molecular weight is 407 g/mol. The summed E-state index contributed by atoms with van der Waals surface area (Å²) in [7, 11) is 0. The zero-order valence-electron chi connectivity index (χ0n) is 15.9. The molecule has 148 valence electrons. The van der Waals surface area contributed by atoms with Crippen molar-refractivity contribution in [2.24, 2.45) is 0 Å². The molecule has 29 heavy (non-hydrogen) atoms. The van der Waals surface area contributed by atoms with Crippen LogP contribution in [0.5, 0.6) is 0 Å². The van der Waals surface area contributed by atoms with Gasteiger partial charge < -0.3 is 9.73 Å². The van der Waals surface area contributed by atoms with Gasteiger partial charge in [0.15, 0.2) is 5.76 Å². The summed E-state index contributed by atoms with van der Waals surface area (Å²) in [6.45, 7) is 1.72. The molecule has 3 aromatic rings. The Kier molecular flexibility index (Phi) is 5.67. The second-order valence-electron chi connectivity index (χ2n) is 6.89. The van der Waals surface area contributed by atoms with Gasteiger partial charge in [-0.2, -0.15) is 0 Å². The molecule has 0 saturated heterocycles. The van der Waals surface area contributed by atoms with Crippen molar-refractivity contribution in [3.8, 4) is 22.6 Å². The van der Waals surface area contributed by atoms with Crippen molar-refractivity contribution in [1.82, 2.24) is 15.6 Å². The SMILES string of the molecule is CC(Sc1nc(-c2ccccc2)c(-c2ccccc2)o1)C(=O)NC(=O)NC1CC1. The highest BCUT2D eigenvalue weighted by atomic mass is 32.2. The molecule has 1 saturated carbocycles. The lowest BCUT2D eigenvalue weighted by molar-refractivity contribution is -0.119. The molecule has 4 rings (SSSR count). The van der Waals surface area contributed by atoms with Crippen LogP contribution in [0.4, 0.5) is 4.79 Å². The number of nitrogens with zero attached hydrogens (tertiary/aromatic N) is 1. The summed E-state index contributed by atoms with van der Waals surface area (Å²) < 4.78 is 6.03. The van der Waals surface area contributed by atoms with Crippen molar-refractivity contribution in [3.63, 3.8) is 0 Å². The van der Waals surface area contributed by atoms with E-state index in [1.165, 1.54) is 11.8 Å². The number of rotatable bonds is 6. The Hall–Kier alpha value is -3.06. The first-order valence-corrected chi connectivity index (χ1v) is 10.4. The number of carbonyl (C=O) groups is 2. The van der Waals surface area contributed by atoms with Gasteiger partial charge in [0.1, 0.15) is 5.69 Å². The summed E-state index contributed by atoms with van der Waals surface area (Å²) in [5.74, 6) is 0.271. The number of urea groups is 1. The number of hydrogen-bond acceptors (Lipinski definition) is 5. The molecule has 0 aliphatic heterocycles. The Balaban J connectivity index is 1.53. The van der Waals surface area contributed by atoms with E-state index in [2.05, 4.69) is 15.6 Å². The summed E-state index contributed by atoms with van der Waals surface area (Å²) in [6, 6.07) is 19.2. The van der Waals surface area contributed by atoms with Gasteiger partial charge in [0.2, 0.25) is 5.91 Å². The average Bonchev–Trinajstić information content (AvgIpc) is 3.45. The van der Waals surface area contributed by atoms with Gasteiger partial charge in [-0.3, -0.25) is 10.1 Å². The fourth-order valence-corrected chi connectivity index (χ4v) is 3.54. The van der Waals surface area contributed by atoms with Crippen LogP contribution in [0.2, 0.25) is 0 Å². The molecule has 7 heteroatoms. The monoisotopic (exact) mass is 407 g/mol. The minimum atomic E-state index is -0.536. The normalized spacial score (nSPS) is 14.2. The molecule has 1 aliphatic carbocycles. The summed E-state index contributed by atoms with van der Waals surface area (Å²) >= 11 is 1.18. The fourth-order valence-electron chi connectivity index (χ4n) is 2.80. The van der Waals surface area contributed by atoms with Crippen LogP contribution in [-0.2, 0) is 4.79 Å². The van der Waals surface area contributed by atoms with Crippen molar-refractivity contribution in [3.05, 3.63) is 60.7 Å². The molecule has 3 amide bonds. The number of carbonyl (C=O) groups excluding carboxylic acids is 2. The molecule has 1 aromatic heterocycles. The molecule has 6 nitrogen and oxygen atoms in total. The molecule has 0 spiro atoms. The molecule has 1 atom stereocenters. The number of thioether (sulfide) groups is 1. The number of amides is 3. The van der Waals surface area contributed by atoms with Gasteiger partial charge in [0.05, 0.1) is 5.25 Å². The van der Waals surface area contributed by atoms with Crippen molar-refractivity contribution in [2.75, 3.05) is 0 Å². The highest BCUT2D eigenvalue weighted by molar-refractivity contribution is 8.00. The van der Waals surface area contributed by atoms with Crippen molar-refractivity contribution in [2.45, 2.75) is 36.3 Å². The maximum atomic E-state index is 12.3. The molecular formula is C22H21N3O3S. The number of benzene rings is 2. The molecule has 2 aromatic carbocycles. The lowest BCUT2D eigenvalue weighted by Crippen LogP contribution is -2.43. The van der Waals surface area contributed by atoms with E-state index >= 15 is 0 Å². The van der Waals surface area contributed by atoms with Gasteiger partial charge >= 0.3 is 6.03 Å². The molecule has 1 unspecified atom stereocenters. The molecule has 2 N–H and O–H groups in total. The van der Waals surface area contributed by atoms with Crippen molar-refractivity contribution in [1.29, 1.82) is 0 Å². The summed E-state index contributed by atoms with van der Waals surface area (Å²) in [5.41, 5.74) is 2.56. The van der Waals surface area contributed by atoms with Crippen LogP contribution < -0.4 is 10.6 Å². The van der Waals surface area contributed by atoms with Crippen molar-refractivity contribution >= 4 is 23.7 Å². The third-order valence-corrected chi connectivity index (χ3v) is 5.43. The van der Waals surface area contributed by atoms with E-state index in [0.717, 1.165) is 29.7 Å². The molecule has 1 heterocycles. The van der Waals surface area contributed by atoms with Crippen LogP contribution in [-0.4, -0.2) is 28.2 Å². The first-order valence-electron chi connectivity index (χ1n) is 9.50. The lowest BCUT2D eigenvalue weighted by Gasteiger charge is -2.09. The lowest BCUT2D eigenvalue weighted by atomic mass is 10.1. The first kappa shape index (κ1) is 19.3. The molecule has 0 bridgehead atoms. The molecular weight excluding hydrogens is 386 g/mol. The third kappa shape index (κ3) is 4.86. The maximum absolute atomic E-state index is 12.3. The highest BCUT2D eigenvalue weighted by Crippen LogP contribution is 2.36. The molecule has 0 radical (unpaired) electrons. The standard InChI is InChI=1S/C22H21N3O3S/c1-14(20(26)25-21(27)23-17-12-13-17)29-22-24-18(15-8-4-2-5-9-15)19(28-22)16-10-6-3-7-11-16/h2-11,14,17H,12-13H2,1H3,(H2,23,25,26,27). The number of imide groups is 1. The summed E-state index contributed by atoms with van der Waals surface area (Å²) in [4.78, 5) is 28.8. The minimum Gasteiger partial charge on any atom is -0.431 e. The Bertz CT molecular complexity index is 944. The smallest absolute Gasteiger partial charge is 0.321 e. The van der Waals surface area contributed by atoms with Gasteiger partial charge in [-0.15, -0.1) is 0 Å². The number of oxazole rings is 1. The zero-order valence-corrected chi connectivity index (χ0v) is 16.7. The van der Waals surface area contributed by atoms with E-state index < -0.39 is 11.3 Å². The Morgan fingerprint density at radius 1 is 1.03 bits per heavy atom. The fraction of sp³-hybridized carbons (Fsp3) is 0.227. The van der Waals surface area contributed by atoms with Crippen molar-refractivity contribution < 1.29 is 14.0 Å². The maximum Gasteiger partial charge on any atom is 0.321 e. The summed E-state index contributed by atoms with van der Waals surface area (Å²) in [5, 5.41) is 4.96. The van der Waals surface area contributed by atoms with Crippen LogP contribution >= 0.6 is 11.8 Å². The summed E-state index contributed by atoms with van der Waals surface area (Å²) in [6.07, 6.45) is 1.93. The predicted octanol–water partition coefficient (Wildman–Crippen LogP) is 4.48. The van der Waals surface area contributed by atoms with Gasteiger partial charge in [0.25, 0.3) is 5.22 Å². The van der Waals surface area contributed by atoms with E-state index in [-0.39, 0.29) is 11.9 Å². The largest absolute Gasteiger partial charge is 0.431 e. The van der Waals surface area contributed by atoms with Crippen LogP contribution in [0.3, 0.4) is 0 Å². The Morgan fingerprint density at radius 3 is 2.28 bits per heavy atom. The Morgan fingerprint density at radius 2 is 1.66 bits per heavy atom. The predicted molar refractivity (Wildman–Crippen MR) is 112 cm³/mol. The first-order chi connectivity index (χ1) is 14.1. The Labute approximate surface area is 173 Å². The van der Waals surface area contributed by atoms with E-state index in [4.69, 9.17) is 4.42 Å². The minimum absolute atomic E-state index is 0.194. The van der Waals surface area contributed by atoms with E-state index in [1.54, 1.807) is 6.92 Å². The number of hydrogen-bond donors (Lipinski definition) is 2. The second-order valence-corrected chi connectivity index (χ2v) is 8.18. The zero-order chi connectivity index (χ0) is 20.2. The van der Waals surface area contributed by atoms with Crippen LogP contribution in [0.15, 0.2) is 70.3 Å². The molecule has 1 aliphatic rings. The van der Waals surface area contributed by atoms with Gasteiger partial charge in [-0.25, -0.2) is 9.78 Å². The van der Waals surface area contributed by atoms with Gasteiger partial charge in [0, 0.05) is 17.2 Å². The van der Waals surface area contributed by atoms with Gasteiger partial charge in [-0.1, -0.05) is 72.4 Å². The second kappa shape index (κ2) is 8.53. The molecule has 1 fully saturated rings. The van der Waals surface area contributed by atoms with Crippen LogP contribution in [0.25, 0.3) is 22.6 Å². The number of aromatic nitrogens is 1.